The zero-order valence-corrected chi connectivity index (χ0v) is 23.5. The van der Waals surface area contributed by atoms with E-state index in [0.29, 0.717) is 19.1 Å². The molecule has 0 radical (unpaired) electrons. The molecule has 2 aliphatic carbocycles. The second-order valence-electron chi connectivity index (χ2n) is 11.7. The van der Waals surface area contributed by atoms with Crippen LogP contribution >= 0.6 is 0 Å². The van der Waals surface area contributed by atoms with Gasteiger partial charge in [-0.05, 0) is 51.0 Å². The van der Waals surface area contributed by atoms with Crippen LogP contribution < -0.4 is 9.64 Å². The fourth-order valence-electron chi connectivity index (χ4n) is 6.22. The summed E-state index contributed by atoms with van der Waals surface area (Å²) in [7, 11) is -3.39. The van der Waals surface area contributed by atoms with Crippen LogP contribution in [0, 0.1) is 17.8 Å². The Kier molecular flexibility index (Phi) is 8.31. The lowest BCUT2D eigenvalue weighted by atomic mass is 10.0. The van der Waals surface area contributed by atoms with Gasteiger partial charge in [-0.25, -0.2) is 26.0 Å². The summed E-state index contributed by atoms with van der Waals surface area (Å²) in [5.74, 6) is -10.2. The molecule has 2 unspecified atom stereocenters. The molecule has 4 atom stereocenters. The van der Waals surface area contributed by atoms with Gasteiger partial charge < -0.3 is 14.7 Å². The fraction of sp³-hybridized carbons (Fsp3) is 0.731. The SMILES string of the molecule is C[C@H](COc1cc2c(cc1C(F)(F)F)N(C1CC3CC(F)(F)CC3C1)C[C@@H](CCC(C)(F)F)N(C)S2(=O)=O)C(=O)O. The molecule has 15 heteroatoms. The van der Waals surface area contributed by atoms with Crippen molar-refractivity contribution in [2.45, 2.75) is 87.4 Å². The largest absolute Gasteiger partial charge is 0.492 e. The number of alkyl halides is 7. The van der Waals surface area contributed by atoms with E-state index in [4.69, 9.17) is 9.84 Å². The number of aliphatic carboxylic acids is 1. The van der Waals surface area contributed by atoms with Crippen molar-refractivity contribution in [2.75, 3.05) is 25.1 Å². The maximum atomic E-state index is 14.2. The number of hydrogen-bond acceptors (Lipinski definition) is 5. The van der Waals surface area contributed by atoms with Gasteiger partial charge >= 0.3 is 12.1 Å². The van der Waals surface area contributed by atoms with Crippen LogP contribution in [0.5, 0.6) is 5.75 Å². The van der Waals surface area contributed by atoms with Gasteiger partial charge in [0.2, 0.25) is 21.9 Å². The number of nitrogens with zero attached hydrogens (tertiary/aromatic N) is 2. The van der Waals surface area contributed by atoms with Crippen LogP contribution in [0.15, 0.2) is 17.0 Å². The second-order valence-corrected chi connectivity index (χ2v) is 13.7. The molecule has 4 rings (SSSR count). The van der Waals surface area contributed by atoms with Gasteiger partial charge in [0.25, 0.3) is 0 Å². The Balaban J connectivity index is 1.82. The van der Waals surface area contributed by atoms with Gasteiger partial charge in [0.05, 0.1) is 17.2 Å². The maximum absolute atomic E-state index is 14.2. The molecule has 1 aliphatic heterocycles. The number of anilines is 1. The van der Waals surface area contributed by atoms with E-state index in [1.54, 1.807) is 0 Å². The van der Waals surface area contributed by atoms with Crippen molar-refractivity contribution in [1.82, 2.24) is 4.31 Å². The normalized spacial score (nSPS) is 28.6. The van der Waals surface area contributed by atoms with Gasteiger partial charge in [-0.1, -0.05) is 0 Å². The number of rotatable bonds is 8. The zero-order valence-electron chi connectivity index (χ0n) is 22.7. The van der Waals surface area contributed by atoms with Crippen LogP contribution in [-0.2, 0) is 21.0 Å². The summed E-state index contributed by atoms with van der Waals surface area (Å²) in [4.78, 5) is 12.1. The lowest BCUT2D eigenvalue weighted by molar-refractivity contribution is -0.142. The molecule has 0 spiro atoms. The number of carboxylic acids is 1. The van der Waals surface area contributed by atoms with E-state index in [1.165, 1.54) is 11.8 Å². The van der Waals surface area contributed by atoms with Gasteiger partial charge in [0, 0.05) is 51.0 Å². The van der Waals surface area contributed by atoms with Crippen molar-refractivity contribution in [3.05, 3.63) is 17.7 Å². The number of benzene rings is 1. The number of sulfonamides is 1. The van der Waals surface area contributed by atoms with Crippen molar-refractivity contribution >= 4 is 21.7 Å². The molecule has 3 aliphatic rings. The highest BCUT2D eigenvalue weighted by molar-refractivity contribution is 7.89. The van der Waals surface area contributed by atoms with Crippen LogP contribution in [0.4, 0.5) is 36.4 Å². The van der Waals surface area contributed by atoms with Gasteiger partial charge in [-0.3, -0.25) is 4.79 Å². The van der Waals surface area contributed by atoms with Gasteiger partial charge in [-0.2, -0.15) is 17.5 Å². The summed E-state index contributed by atoms with van der Waals surface area (Å²) < 4.78 is 132. The third-order valence-corrected chi connectivity index (χ3v) is 10.4. The van der Waals surface area contributed by atoms with Crippen LogP contribution in [0.25, 0.3) is 0 Å². The van der Waals surface area contributed by atoms with Crippen molar-refractivity contribution in [2.24, 2.45) is 17.8 Å². The van der Waals surface area contributed by atoms with Gasteiger partial charge in [0.1, 0.15) is 17.3 Å². The minimum absolute atomic E-state index is 0.190. The van der Waals surface area contributed by atoms with E-state index in [1.807, 2.05) is 0 Å². The first-order chi connectivity index (χ1) is 18.7. The molecule has 7 nitrogen and oxygen atoms in total. The van der Waals surface area contributed by atoms with Crippen molar-refractivity contribution < 1.29 is 53.8 Å². The highest BCUT2D eigenvalue weighted by Gasteiger charge is 2.53. The number of hydrogen-bond donors (Lipinski definition) is 1. The smallest absolute Gasteiger partial charge is 0.420 e. The molecule has 232 valence electrons. The minimum Gasteiger partial charge on any atom is -0.492 e. The van der Waals surface area contributed by atoms with E-state index in [0.717, 1.165) is 11.4 Å². The molecule has 41 heavy (non-hydrogen) atoms. The number of likely N-dealkylation sites (N-methyl/N-ethyl adjacent to an activating group) is 1. The number of carboxylic acid groups (broad SMARTS) is 1. The van der Waals surface area contributed by atoms with Crippen molar-refractivity contribution in [1.29, 1.82) is 0 Å². The molecular weight excluding hydrogens is 585 g/mol. The molecule has 1 aromatic rings. The van der Waals surface area contributed by atoms with Crippen LogP contribution in [-0.4, -0.2) is 67.9 Å². The van der Waals surface area contributed by atoms with Crippen LogP contribution in [0.3, 0.4) is 0 Å². The Morgan fingerprint density at radius 1 is 1.15 bits per heavy atom. The summed E-state index contributed by atoms with van der Waals surface area (Å²) in [5, 5.41) is 9.12. The third kappa shape index (κ3) is 6.70. The molecule has 0 saturated heterocycles. The van der Waals surface area contributed by atoms with E-state index in [-0.39, 0.29) is 44.3 Å². The first-order valence-corrected chi connectivity index (χ1v) is 14.7. The highest BCUT2D eigenvalue weighted by atomic mass is 32.2. The highest BCUT2D eigenvalue weighted by Crippen LogP contribution is 2.54. The first kappa shape index (κ1) is 31.6. The maximum Gasteiger partial charge on any atom is 0.420 e. The number of ether oxygens (including phenoxy) is 1. The Bertz CT molecular complexity index is 1250. The third-order valence-electron chi connectivity index (χ3n) is 8.46. The molecule has 0 aromatic heterocycles. The fourth-order valence-corrected chi connectivity index (χ4v) is 7.79. The zero-order chi connectivity index (χ0) is 30.7. The predicted molar refractivity (Wildman–Crippen MR) is 134 cm³/mol. The summed E-state index contributed by atoms with van der Waals surface area (Å²) in [6.45, 7) is 0.998. The minimum atomic E-state index is -5.03. The Labute approximate surface area is 233 Å². The Morgan fingerprint density at radius 3 is 2.24 bits per heavy atom. The number of carbonyl (C=O) groups is 1. The first-order valence-electron chi connectivity index (χ1n) is 13.3. The van der Waals surface area contributed by atoms with E-state index >= 15 is 0 Å². The molecule has 2 fully saturated rings. The Morgan fingerprint density at radius 2 is 1.73 bits per heavy atom. The topological polar surface area (TPSA) is 87.2 Å². The average Bonchev–Trinajstić information content (AvgIpc) is 3.31. The summed E-state index contributed by atoms with van der Waals surface area (Å²) >= 11 is 0. The summed E-state index contributed by atoms with van der Waals surface area (Å²) in [5.41, 5.74) is -1.65. The second kappa shape index (κ2) is 10.8. The summed E-state index contributed by atoms with van der Waals surface area (Å²) in [6, 6.07) is -0.315. The van der Waals surface area contributed by atoms with E-state index < -0.39 is 93.1 Å². The molecule has 0 amide bonds. The van der Waals surface area contributed by atoms with E-state index in [9.17, 15) is 43.9 Å². The average molecular weight is 619 g/mol. The lowest BCUT2D eigenvalue weighted by Gasteiger charge is -2.35. The van der Waals surface area contributed by atoms with Crippen molar-refractivity contribution in [3.63, 3.8) is 0 Å². The quantitative estimate of drug-likeness (QED) is 0.367. The van der Waals surface area contributed by atoms with Gasteiger partial charge in [-0.15, -0.1) is 0 Å². The standard InChI is InChI=1S/C26H33F7N2O5S/c1-14(23(36)37)13-40-21-9-22-20(8-19(21)26(31,32)33)35(18-6-15-10-25(29,30)11-16(15)7-18)12-17(4-5-24(2,27)28)34(3)41(22,38)39/h8-9,14-18H,4-7,10-13H2,1-3H3,(H,36,37)/t14-,15?,16?,17-,18?/m1/s1. The van der Waals surface area contributed by atoms with E-state index in [2.05, 4.69) is 0 Å². The number of fused-ring (bicyclic) bond motifs is 2. The molecule has 1 aromatic carbocycles. The van der Waals surface area contributed by atoms with Crippen LogP contribution in [0.1, 0.15) is 57.9 Å². The molecule has 0 bridgehead atoms. The van der Waals surface area contributed by atoms with Crippen molar-refractivity contribution in [3.8, 4) is 5.75 Å². The Hall–Kier alpha value is -2.29. The summed E-state index contributed by atoms with van der Waals surface area (Å²) in [6.07, 6.45) is -6.37. The van der Waals surface area contributed by atoms with Gasteiger partial charge in [0.15, 0.2) is 0 Å². The molecule has 1 heterocycles. The monoisotopic (exact) mass is 618 g/mol. The predicted octanol–water partition coefficient (Wildman–Crippen LogP) is 5.87. The van der Waals surface area contributed by atoms with Crippen LogP contribution in [0.2, 0.25) is 0 Å². The molecule has 1 N–H and O–H groups in total. The molecule has 2 saturated carbocycles. The number of halogens is 7. The molecular formula is C26H33F7N2O5S. The lowest BCUT2D eigenvalue weighted by Crippen LogP contribution is -2.45.